The Balaban J connectivity index is 1.24. The van der Waals surface area contributed by atoms with Gasteiger partial charge in [0.15, 0.2) is 5.65 Å². The number of H-pyrrole nitrogens is 2. The summed E-state index contributed by atoms with van der Waals surface area (Å²) in [5.74, 6) is 0.805. The largest absolute Gasteiger partial charge is 0.494 e. The number of aromatic nitrogens is 3. The minimum atomic E-state index is -0.270. The number of imidazole rings is 1. The fourth-order valence-corrected chi connectivity index (χ4v) is 3.98. The first-order valence-corrected chi connectivity index (χ1v) is 10.3. The average molecular weight is 397 g/mol. The predicted octanol–water partition coefficient (Wildman–Crippen LogP) is 2.16. The van der Waals surface area contributed by atoms with Crippen molar-refractivity contribution in [1.82, 2.24) is 25.2 Å². The molecule has 0 radical (unpaired) electrons. The van der Waals surface area contributed by atoms with Crippen molar-refractivity contribution >= 4 is 28.0 Å². The van der Waals surface area contributed by atoms with Gasteiger partial charge in [0.05, 0.1) is 17.6 Å². The van der Waals surface area contributed by atoms with E-state index in [1.807, 2.05) is 24.3 Å². The van der Waals surface area contributed by atoms with Gasteiger partial charge in [0, 0.05) is 24.4 Å². The number of nitrogens with zero attached hydrogens (tertiary/aromatic N) is 2. The monoisotopic (exact) mass is 397 g/mol. The topological polar surface area (TPSA) is 103 Å². The van der Waals surface area contributed by atoms with Crippen LogP contribution in [0.25, 0.3) is 22.1 Å². The molecule has 3 N–H and O–H groups in total. The number of amides is 1. The van der Waals surface area contributed by atoms with Crippen LogP contribution in [0.2, 0.25) is 0 Å². The third kappa shape index (κ3) is 4.59. The highest BCUT2D eigenvalue weighted by molar-refractivity contribution is 5.90. The number of likely N-dealkylation sites (tertiary alicyclic amines) is 1. The number of ether oxygens (including phenoxy) is 1. The fraction of sp³-hybridized carbons (Fsp3) is 0.476. The summed E-state index contributed by atoms with van der Waals surface area (Å²) >= 11 is 0. The summed E-state index contributed by atoms with van der Waals surface area (Å²) in [5.41, 5.74) is 1.72. The van der Waals surface area contributed by atoms with Crippen molar-refractivity contribution in [1.29, 1.82) is 0 Å². The van der Waals surface area contributed by atoms with Crippen LogP contribution >= 0.6 is 0 Å². The van der Waals surface area contributed by atoms with Crippen molar-refractivity contribution in [3.05, 3.63) is 34.7 Å². The van der Waals surface area contributed by atoms with Gasteiger partial charge in [-0.15, -0.1) is 0 Å². The molecule has 8 nitrogen and oxygen atoms in total. The number of hydrogen-bond donors (Lipinski definition) is 3. The molecule has 154 valence electrons. The summed E-state index contributed by atoms with van der Waals surface area (Å²) in [6.45, 7) is 5.56. The van der Waals surface area contributed by atoms with Gasteiger partial charge >= 0.3 is 5.69 Å². The van der Waals surface area contributed by atoms with Gasteiger partial charge in [0.1, 0.15) is 5.75 Å². The summed E-state index contributed by atoms with van der Waals surface area (Å²) in [6, 6.07) is 7.97. The van der Waals surface area contributed by atoms with Gasteiger partial charge in [-0.25, -0.2) is 9.78 Å². The number of rotatable bonds is 8. The van der Waals surface area contributed by atoms with Crippen LogP contribution in [0.1, 0.15) is 32.6 Å². The molecule has 0 saturated carbocycles. The number of pyridine rings is 1. The highest BCUT2D eigenvalue weighted by atomic mass is 16.5. The lowest BCUT2D eigenvalue weighted by Crippen LogP contribution is -2.40. The summed E-state index contributed by atoms with van der Waals surface area (Å²) < 4.78 is 5.80. The highest BCUT2D eigenvalue weighted by Gasteiger charge is 2.22. The molecule has 1 saturated heterocycles. The van der Waals surface area contributed by atoms with Gasteiger partial charge in [-0.1, -0.05) is 6.92 Å². The second kappa shape index (κ2) is 8.65. The van der Waals surface area contributed by atoms with Crippen LogP contribution < -0.4 is 15.7 Å². The van der Waals surface area contributed by atoms with Gasteiger partial charge in [0.2, 0.25) is 5.91 Å². The van der Waals surface area contributed by atoms with E-state index in [0.717, 1.165) is 42.7 Å². The Morgan fingerprint density at radius 1 is 1.34 bits per heavy atom. The van der Waals surface area contributed by atoms with Crippen LogP contribution in [0.3, 0.4) is 0 Å². The zero-order valence-electron chi connectivity index (χ0n) is 16.7. The average Bonchev–Trinajstić information content (AvgIpc) is 3.32. The number of carbonyl (C=O) groups is 1. The Bertz CT molecular complexity index is 1060. The van der Waals surface area contributed by atoms with Gasteiger partial charge in [0.25, 0.3) is 0 Å². The molecular weight excluding hydrogens is 370 g/mol. The first-order chi connectivity index (χ1) is 14.1. The first kappa shape index (κ1) is 19.4. The van der Waals surface area contributed by atoms with Crippen LogP contribution in [0, 0.1) is 0 Å². The number of fused-ring (bicyclic) bond motifs is 2. The van der Waals surface area contributed by atoms with Crippen LogP contribution in [0.4, 0.5) is 0 Å². The molecule has 0 bridgehead atoms. The molecule has 3 heterocycles. The minimum absolute atomic E-state index is 0.0815. The maximum absolute atomic E-state index is 12.1. The van der Waals surface area contributed by atoms with Crippen molar-refractivity contribution in [3.63, 3.8) is 0 Å². The molecule has 3 aromatic rings. The fourth-order valence-electron chi connectivity index (χ4n) is 3.98. The van der Waals surface area contributed by atoms with Crippen LogP contribution in [0.5, 0.6) is 5.75 Å². The van der Waals surface area contributed by atoms with Crippen LogP contribution in [-0.4, -0.2) is 58.0 Å². The Hall–Kier alpha value is -2.87. The molecule has 29 heavy (non-hydrogen) atoms. The summed E-state index contributed by atoms with van der Waals surface area (Å²) in [6.07, 6.45) is 3.50. The third-order valence-electron chi connectivity index (χ3n) is 5.52. The Labute approximate surface area is 168 Å². The number of carbonyl (C=O) groups excluding carboxylic acids is 1. The lowest BCUT2D eigenvalue weighted by Gasteiger charge is -2.22. The molecule has 0 aliphatic carbocycles. The quantitative estimate of drug-likeness (QED) is 0.506. The predicted molar refractivity (Wildman–Crippen MR) is 112 cm³/mol. The number of hydrogen-bond acceptors (Lipinski definition) is 5. The minimum Gasteiger partial charge on any atom is -0.494 e. The molecule has 1 atom stereocenters. The highest BCUT2D eigenvalue weighted by Crippen LogP contribution is 2.22. The molecule has 4 rings (SSSR count). The van der Waals surface area contributed by atoms with E-state index in [4.69, 9.17) is 4.74 Å². The second-order valence-corrected chi connectivity index (χ2v) is 7.50. The molecule has 1 amide bonds. The number of nitrogens with one attached hydrogen (secondary N) is 3. The van der Waals surface area contributed by atoms with E-state index in [2.05, 4.69) is 32.1 Å². The summed E-state index contributed by atoms with van der Waals surface area (Å²) in [4.78, 5) is 35.7. The summed E-state index contributed by atoms with van der Waals surface area (Å²) in [7, 11) is 0. The lowest BCUT2D eigenvalue weighted by atomic mass is 10.2. The number of likely N-dealkylation sites (N-methyl/N-ethyl adjacent to an activating group) is 1. The maximum Gasteiger partial charge on any atom is 0.325 e. The molecule has 0 spiro atoms. The molecular formula is C21H27N5O3. The lowest BCUT2D eigenvalue weighted by molar-refractivity contribution is -0.121. The van der Waals surface area contributed by atoms with E-state index < -0.39 is 0 Å². The third-order valence-corrected chi connectivity index (χ3v) is 5.52. The van der Waals surface area contributed by atoms with Crippen LogP contribution in [-0.2, 0) is 4.79 Å². The smallest absolute Gasteiger partial charge is 0.325 e. The van der Waals surface area contributed by atoms with Crippen molar-refractivity contribution < 1.29 is 9.53 Å². The van der Waals surface area contributed by atoms with E-state index in [1.165, 1.54) is 6.42 Å². The summed E-state index contributed by atoms with van der Waals surface area (Å²) in [5, 5.41) is 3.94. The standard InChI is InChI=1S/C21H27N5O3/c1-2-26-9-3-5-15(26)13-22-19(27)6-4-10-29-16-7-8-17-14(11-16)12-18-20(23-17)25-21(28)24-18/h7-8,11-12,15H,2-6,9-10,13H2,1H3,(H,22,27)(H2,23,24,25,28). The second-order valence-electron chi connectivity index (χ2n) is 7.50. The molecule has 1 unspecified atom stereocenters. The van der Waals surface area contributed by atoms with E-state index in [0.29, 0.717) is 36.7 Å². The molecule has 1 fully saturated rings. The zero-order chi connectivity index (χ0) is 20.2. The van der Waals surface area contributed by atoms with Crippen LogP contribution in [0.15, 0.2) is 29.1 Å². The van der Waals surface area contributed by atoms with E-state index in [9.17, 15) is 9.59 Å². The van der Waals surface area contributed by atoms with E-state index >= 15 is 0 Å². The maximum atomic E-state index is 12.1. The number of aromatic amines is 2. The van der Waals surface area contributed by atoms with Crippen molar-refractivity contribution in [3.8, 4) is 5.75 Å². The van der Waals surface area contributed by atoms with Gasteiger partial charge in [-0.05, 0) is 56.6 Å². The Kier molecular flexibility index (Phi) is 5.80. The van der Waals surface area contributed by atoms with Crippen molar-refractivity contribution in [2.24, 2.45) is 0 Å². The normalized spacial score (nSPS) is 17.2. The van der Waals surface area contributed by atoms with Crippen molar-refractivity contribution in [2.45, 2.75) is 38.6 Å². The first-order valence-electron chi connectivity index (χ1n) is 10.3. The van der Waals surface area contributed by atoms with Gasteiger partial charge in [-0.3, -0.25) is 14.7 Å². The molecule has 2 aromatic heterocycles. The zero-order valence-corrected chi connectivity index (χ0v) is 16.7. The number of benzene rings is 1. The molecule has 1 aromatic carbocycles. The van der Waals surface area contributed by atoms with Crippen molar-refractivity contribution in [2.75, 3.05) is 26.2 Å². The Morgan fingerprint density at radius 3 is 3.10 bits per heavy atom. The van der Waals surface area contributed by atoms with Gasteiger partial charge in [-0.2, -0.15) is 0 Å². The van der Waals surface area contributed by atoms with E-state index in [-0.39, 0.29) is 11.6 Å². The van der Waals surface area contributed by atoms with Gasteiger partial charge < -0.3 is 15.0 Å². The van der Waals surface area contributed by atoms with E-state index in [1.54, 1.807) is 0 Å². The molecule has 1 aliphatic heterocycles. The Morgan fingerprint density at radius 2 is 2.24 bits per heavy atom. The molecule has 1 aliphatic rings. The SMILES string of the molecule is CCN1CCCC1CNC(=O)CCCOc1ccc2nc3[nH]c(=O)[nH]c3cc2c1. The molecule has 8 heteroatoms.